The summed E-state index contributed by atoms with van der Waals surface area (Å²) in [6.07, 6.45) is -1.88. The average Bonchev–Trinajstić information content (AvgIpc) is 2.44. The Hall–Kier alpha value is -1.90. The first-order valence-electron chi connectivity index (χ1n) is 6.53. The molecule has 114 valence electrons. The number of fused-ring (bicyclic) bond motifs is 2. The number of anilines is 1. The highest BCUT2D eigenvalue weighted by Crippen LogP contribution is 2.34. The third-order valence-corrected chi connectivity index (χ3v) is 3.93. The van der Waals surface area contributed by atoms with Gasteiger partial charge in [-0.25, -0.2) is 9.97 Å². The SMILES string of the molecule is NC(=O)CN1C2CC1CN(c1ncc(C(F)(F)F)cn1)C2. The number of carbonyl (C=O) groups is 1. The summed E-state index contributed by atoms with van der Waals surface area (Å²) in [5, 5.41) is 0. The van der Waals surface area contributed by atoms with Gasteiger partial charge in [0.2, 0.25) is 11.9 Å². The van der Waals surface area contributed by atoms with E-state index in [-0.39, 0.29) is 30.5 Å². The number of amides is 1. The second kappa shape index (κ2) is 4.83. The van der Waals surface area contributed by atoms with Gasteiger partial charge in [0.1, 0.15) is 0 Å². The molecule has 0 saturated carbocycles. The second-order valence-electron chi connectivity index (χ2n) is 5.36. The number of piperazine rings is 1. The van der Waals surface area contributed by atoms with Crippen LogP contribution in [0.15, 0.2) is 12.4 Å². The number of primary amides is 1. The van der Waals surface area contributed by atoms with Crippen molar-refractivity contribution in [1.82, 2.24) is 14.9 Å². The summed E-state index contributed by atoms with van der Waals surface area (Å²) in [4.78, 5) is 22.4. The Morgan fingerprint density at radius 2 is 1.86 bits per heavy atom. The number of rotatable bonds is 3. The Kier molecular flexibility index (Phi) is 3.23. The maximum atomic E-state index is 12.5. The number of nitrogens with zero attached hydrogens (tertiary/aromatic N) is 4. The third kappa shape index (κ3) is 2.65. The van der Waals surface area contributed by atoms with E-state index < -0.39 is 11.7 Å². The van der Waals surface area contributed by atoms with Crippen molar-refractivity contribution in [1.29, 1.82) is 0 Å². The molecule has 3 saturated heterocycles. The lowest BCUT2D eigenvalue weighted by molar-refractivity contribution is -0.138. The molecule has 4 rings (SSSR count). The van der Waals surface area contributed by atoms with E-state index in [1.807, 2.05) is 9.80 Å². The van der Waals surface area contributed by atoms with Crippen LogP contribution in [-0.2, 0) is 11.0 Å². The summed E-state index contributed by atoms with van der Waals surface area (Å²) in [5.74, 6) is -0.0830. The van der Waals surface area contributed by atoms with Crippen LogP contribution in [0.25, 0.3) is 0 Å². The van der Waals surface area contributed by atoms with E-state index in [9.17, 15) is 18.0 Å². The predicted molar refractivity (Wildman–Crippen MR) is 67.3 cm³/mol. The Balaban J connectivity index is 1.67. The number of piperidine rings is 1. The average molecular weight is 301 g/mol. The monoisotopic (exact) mass is 301 g/mol. The number of hydrogen-bond donors (Lipinski definition) is 1. The highest BCUT2D eigenvalue weighted by Gasteiger charge is 2.45. The lowest BCUT2D eigenvalue weighted by Gasteiger charge is -2.55. The van der Waals surface area contributed by atoms with Gasteiger partial charge in [0.05, 0.1) is 12.1 Å². The minimum Gasteiger partial charge on any atom is -0.369 e. The predicted octanol–water partition coefficient (Wildman–Crippen LogP) is 0.244. The van der Waals surface area contributed by atoms with Crippen molar-refractivity contribution >= 4 is 11.9 Å². The van der Waals surface area contributed by atoms with Gasteiger partial charge in [-0.2, -0.15) is 13.2 Å². The highest BCUT2D eigenvalue weighted by molar-refractivity contribution is 5.76. The minimum absolute atomic E-state index is 0.183. The smallest absolute Gasteiger partial charge is 0.369 e. The van der Waals surface area contributed by atoms with Crippen molar-refractivity contribution < 1.29 is 18.0 Å². The number of alkyl halides is 3. The molecule has 2 bridgehead atoms. The lowest BCUT2D eigenvalue weighted by Crippen LogP contribution is -2.70. The quantitative estimate of drug-likeness (QED) is 0.866. The highest BCUT2D eigenvalue weighted by atomic mass is 19.4. The molecule has 2 atom stereocenters. The van der Waals surface area contributed by atoms with E-state index in [1.54, 1.807) is 0 Å². The molecule has 2 N–H and O–H groups in total. The summed E-state index contributed by atoms with van der Waals surface area (Å²) in [7, 11) is 0. The van der Waals surface area contributed by atoms with Crippen molar-refractivity contribution in [3.05, 3.63) is 18.0 Å². The van der Waals surface area contributed by atoms with Crippen LogP contribution in [0.2, 0.25) is 0 Å². The van der Waals surface area contributed by atoms with E-state index in [0.717, 1.165) is 18.8 Å². The van der Waals surface area contributed by atoms with Gasteiger partial charge in [-0.15, -0.1) is 0 Å². The summed E-state index contributed by atoms with van der Waals surface area (Å²) < 4.78 is 37.4. The van der Waals surface area contributed by atoms with Crippen molar-refractivity contribution in [3.8, 4) is 0 Å². The molecule has 6 nitrogen and oxygen atoms in total. The van der Waals surface area contributed by atoms with Crippen LogP contribution in [0.5, 0.6) is 0 Å². The number of hydrogen-bond acceptors (Lipinski definition) is 5. The number of nitrogens with two attached hydrogens (primary N) is 1. The first kappa shape index (κ1) is 14.1. The molecule has 1 aromatic heterocycles. The fourth-order valence-electron chi connectivity index (χ4n) is 2.92. The van der Waals surface area contributed by atoms with E-state index in [0.29, 0.717) is 13.1 Å². The van der Waals surface area contributed by atoms with Crippen LogP contribution in [0.1, 0.15) is 12.0 Å². The maximum absolute atomic E-state index is 12.5. The first-order chi connectivity index (χ1) is 9.84. The lowest BCUT2D eigenvalue weighted by atomic mass is 9.87. The molecule has 3 aliphatic heterocycles. The van der Waals surface area contributed by atoms with Crippen molar-refractivity contribution in [3.63, 3.8) is 0 Å². The fraction of sp³-hybridized carbons (Fsp3) is 0.583. The van der Waals surface area contributed by atoms with E-state index in [1.165, 1.54) is 0 Å². The second-order valence-corrected chi connectivity index (χ2v) is 5.36. The van der Waals surface area contributed by atoms with Crippen LogP contribution < -0.4 is 10.6 Å². The Morgan fingerprint density at radius 3 is 2.33 bits per heavy atom. The normalized spacial score (nSPS) is 25.6. The molecule has 9 heteroatoms. The van der Waals surface area contributed by atoms with E-state index in [2.05, 4.69) is 9.97 Å². The van der Waals surface area contributed by atoms with Gasteiger partial charge in [0.25, 0.3) is 0 Å². The van der Waals surface area contributed by atoms with E-state index in [4.69, 9.17) is 5.73 Å². The minimum atomic E-state index is -4.43. The van der Waals surface area contributed by atoms with Crippen LogP contribution in [0.4, 0.5) is 19.1 Å². The Bertz CT molecular complexity index is 535. The van der Waals surface area contributed by atoms with Crippen LogP contribution in [0, 0.1) is 0 Å². The van der Waals surface area contributed by atoms with Gasteiger partial charge < -0.3 is 10.6 Å². The largest absolute Gasteiger partial charge is 0.419 e. The first-order valence-corrected chi connectivity index (χ1v) is 6.53. The van der Waals surface area contributed by atoms with Crippen LogP contribution in [0.3, 0.4) is 0 Å². The van der Waals surface area contributed by atoms with Crippen molar-refractivity contribution in [2.24, 2.45) is 5.73 Å². The van der Waals surface area contributed by atoms with Crippen LogP contribution >= 0.6 is 0 Å². The molecule has 1 amide bonds. The maximum Gasteiger partial charge on any atom is 0.419 e. The van der Waals surface area contributed by atoms with Gasteiger partial charge in [-0.1, -0.05) is 0 Å². The molecule has 1 aromatic rings. The molecule has 0 radical (unpaired) electrons. The molecule has 3 fully saturated rings. The van der Waals surface area contributed by atoms with Gasteiger partial charge in [-0.3, -0.25) is 9.69 Å². The standard InChI is InChI=1S/C12H14F3N5O/c13-12(14,15)7-2-17-11(18-3-7)19-4-8-1-9(5-19)20(8)6-10(16)21/h2-3,8-9H,1,4-6H2,(H2,16,21). The number of halogens is 3. The van der Waals surface area contributed by atoms with Gasteiger partial charge in [-0.05, 0) is 6.42 Å². The summed E-state index contributed by atoms with van der Waals surface area (Å²) in [6, 6.07) is 0.365. The number of aromatic nitrogens is 2. The summed E-state index contributed by atoms with van der Waals surface area (Å²) in [6.45, 7) is 1.40. The van der Waals surface area contributed by atoms with Crippen molar-refractivity contribution in [2.45, 2.75) is 24.7 Å². The number of carbonyl (C=O) groups excluding carboxylic acids is 1. The summed E-state index contributed by atoms with van der Waals surface area (Å²) in [5.41, 5.74) is 4.33. The fourth-order valence-corrected chi connectivity index (χ4v) is 2.92. The molecule has 3 aliphatic rings. The zero-order valence-corrected chi connectivity index (χ0v) is 11.0. The molecule has 4 heterocycles. The molecule has 0 aliphatic carbocycles. The molecule has 0 spiro atoms. The molecule has 0 aromatic carbocycles. The van der Waals surface area contributed by atoms with Gasteiger partial charge >= 0.3 is 6.18 Å². The molecular weight excluding hydrogens is 287 g/mol. The molecular formula is C12H14F3N5O. The van der Waals surface area contributed by atoms with Crippen molar-refractivity contribution in [2.75, 3.05) is 24.5 Å². The Labute approximate surface area is 118 Å². The molecule has 2 unspecified atom stereocenters. The third-order valence-electron chi connectivity index (χ3n) is 3.93. The topological polar surface area (TPSA) is 75.4 Å². The summed E-state index contributed by atoms with van der Waals surface area (Å²) >= 11 is 0. The molecule has 21 heavy (non-hydrogen) atoms. The van der Waals surface area contributed by atoms with Crippen LogP contribution in [-0.4, -0.2) is 52.5 Å². The van der Waals surface area contributed by atoms with E-state index >= 15 is 0 Å². The van der Waals surface area contributed by atoms with Gasteiger partial charge in [0, 0.05) is 37.6 Å². The zero-order chi connectivity index (χ0) is 15.2. The van der Waals surface area contributed by atoms with Gasteiger partial charge in [0.15, 0.2) is 0 Å². The Morgan fingerprint density at radius 1 is 1.29 bits per heavy atom. The zero-order valence-electron chi connectivity index (χ0n) is 11.0.